The second-order valence-electron chi connectivity index (χ2n) is 6.12. The van der Waals surface area contributed by atoms with Crippen molar-refractivity contribution < 1.29 is 40.5 Å². The van der Waals surface area contributed by atoms with E-state index in [4.69, 9.17) is 15.1 Å². The molecule has 142 valence electrons. The van der Waals surface area contributed by atoms with Crippen molar-refractivity contribution >= 4 is 22.3 Å². The molecule has 0 aromatic carbocycles. The molecule has 2 heterocycles. The van der Waals surface area contributed by atoms with Crippen LogP contribution in [0.1, 0.15) is 19.3 Å². The summed E-state index contributed by atoms with van der Waals surface area (Å²) in [6.45, 7) is -0.650. The summed E-state index contributed by atoms with van der Waals surface area (Å²) in [5.41, 5.74) is 7.64. The molecule has 2 bridgehead atoms. The largest absolute Gasteiger partial charge is 0.418 e. The number of urea groups is 1. The number of carbonyl (C=O) groups is 2. The van der Waals surface area contributed by atoms with Crippen LogP contribution in [0, 0.1) is 0 Å². The van der Waals surface area contributed by atoms with Crippen LogP contribution in [0.5, 0.6) is 0 Å². The summed E-state index contributed by atoms with van der Waals surface area (Å²) in [6.07, 6.45) is -0.186. The fourth-order valence-corrected chi connectivity index (χ4v) is 3.30. The first-order valence-electron chi connectivity index (χ1n) is 7.35. The van der Waals surface area contributed by atoms with Crippen molar-refractivity contribution in [3.63, 3.8) is 0 Å². The maximum absolute atomic E-state index is 14.2. The number of piperidine rings is 1. The van der Waals surface area contributed by atoms with Crippen LogP contribution >= 0.6 is 0 Å². The summed E-state index contributed by atoms with van der Waals surface area (Å²) in [5, 5.41) is -0.134. The number of hydrogen-bond acceptors (Lipinski definition) is 7. The van der Waals surface area contributed by atoms with Crippen LogP contribution in [-0.4, -0.2) is 71.6 Å². The minimum absolute atomic E-state index is 0.134. The van der Waals surface area contributed by atoms with Gasteiger partial charge in [-0.15, -0.1) is 4.28 Å². The molecular formula is C11H16F2N4O7S. The SMILES string of the molecule is NC1CCC1ONC(=O)C1CC(F)(F)C2CN1C(=O)N2OS(=O)(=O)O. The zero-order chi connectivity index (χ0) is 18.6. The Morgan fingerprint density at radius 3 is 2.60 bits per heavy atom. The monoisotopic (exact) mass is 386 g/mol. The standard InChI is InChI=1S/C11H16F2N4O7S/c12-11(13)3-6(9(18)15-23-7-2-1-5(7)14)16-4-8(11)17(10(16)19)24-25(20,21)22/h5-8H,1-4,14H2,(H,15,18)(H,20,21,22). The molecule has 11 nitrogen and oxygen atoms in total. The van der Waals surface area contributed by atoms with Gasteiger partial charge >= 0.3 is 16.4 Å². The van der Waals surface area contributed by atoms with E-state index >= 15 is 0 Å². The topological polar surface area (TPSA) is 151 Å². The molecule has 2 saturated heterocycles. The van der Waals surface area contributed by atoms with E-state index in [1.165, 1.54) is 0 Å². The third-order valence-corrected chi connectivity index (χ3v) is 4.82. The number of fused-ring (bicyclic) bond motifs is 2. The lowest BCUT2D eigenvalue weighted by molar-refractivity contribution is -0.164. The number of halogens is 2. The van der Waals surface area contributed by atoms with Crippen molar-refractivity contribution in [2.75, 3.05) is 6.54 Å². The highest BCUT2D eigenvalue weighted by Crippen LogP contribution is 2.41. The van der Waals surface area contributed by atoms with Gasteiger partial charge in [0.05, 0.1) is 6.54 Å². The molecular weight excluding hydrogens is 370 g/mol. The Hall–Kier alpha value is -1.61. The van der Waals surface area contributed by atoms with Gasteiger partial charge in [-0.3, -0.25) is 14.2 Å². The summed E-state index contributed by atoms with van der Waals surface area (Å²) < 4.78 is 62.6. The molecule has 0 aromatic rings. The highest BCUT2D eigenvalue weighted by molar-refractivity contribution is 7.80. The Morgan fingerprint density at radius 2 is 2.08 bits per heavy atom. The quantitative estimate of drug-likeness (QED) is 0.392. The van der Waals surface area contributed by atoms with Crippen molar-refractivity contribution in [2.24, 2.45) is 5.73 Å². The molecule has 4 unspecified atom stereocenters. The Labute approximate surface area is 140 Å². The lowest BCUT2D eigenvalue weighted by atomic mass is 9.90. The first kappa shape index (κ1) is 18.2. The minimum Gasteiger partial charge on any atom is -0.325 e. The normalized spacial score (nSPS) is 34.0. The molecule has 3 fully saturated rings. The molecule has 1 aliphatic carbocycles. The number of nitrogens with two attached hydrogens (primary N) is 1. The fraction of sp³-hybridized carbons (Fsp3) is 0.818. The molecule has 2 aliphatic heterocycles. The molecule has 3 amide bonds. The first-order valence-corrected chi connectivity index (χ1v) is 8.72. The van der Waals surface area contributed by atoms with E-state index in [-0.39, 0.29) is 11.1 Å². The highest BCUT2D eigenvalue weighted by atomic mass is 32.3. The second-order valence-corrected chi connectivity index (χ2v) is 7.13. The smallest absolute Gasteiger partial charge is 0.325 e. The van der Waals surface area contributed by atoms with Gasteiger partial charge in [0.15, 0.2) is 0 Å². The van der Waals surface area contributed by atoms with E-state index < -0.39 is 59.4 Å². The molecule has 0 spiro atoms. The summed E-state index contributed by atoms with van der Waals surface area (Å²) >= 11 is 0. The van der Waals surface area contributed by atoms with Gasteiger partial charge in [0.25, 0.3) is 11.8 Å². The minimum atomic E-state index is -5.18. The lowest BCUT2D eigenvalue weighted by Gasteiger charge is -2.36. The maximum atomic E-state index is 14.2. The highest BCUT2D eigenvalue weighted by Gasteiger charge is 2.62. The Bertz CT molecular complexity index is 690. The van der Waals surface area contributed by atoms with Gasteiger partial charge in [0.1, 0.15) is 18.2 Å². The molecule has 14 heteroatoms. The predicted octanol–water partition coefficient (Wildman–Crippen LogP) is -1.23. The van der Waals surface area contributed by atoms with Crippen molar-refractivity contribution in [1.82, 2.24) is 15.4 Å². The van der Waals surface area contributed by atoms with E-state index in [1.807, 2.05) is 5.48 Å². The van der Waals surface area contributed by atoms with Crippen molar-refractivity contribution in [2.45, 2.75) is 49.4 Å². The van der Waals surface area contributed by atoms with Gasteiger partial charge in [-0.1, -0.05) is 0 Å². The molecule has 0 aromatic heterocycles. The second kappa shape index (κ2) is 5.98. The predicted molar refractivity (Wildman–Crippen MR) is 73.9 cm³/mol. The van der Waals surface area contributed by atoms with Crippen LogP contribution < -0.4 is 11.2 Å². The van der Waals surface area contributed by atoms with E-state index in [0.29, 0.717) is 12.8 Å². The van der Waals surface area contributed by atoms with Gasteiger partial charge in [-0.05, 0) is 12.8 Å². The number of hydroxylamine groups is 3. The molecule has 3 aliphatic rings. The third-order valence-electron chi connectivity index (χ3n) is 4.47. The summed E-state index contributed by atoms with van der Waals surface area (Å²) in [6, 6.07) is -5.10. The number of amides is 3. The van der Waals surface area contributed by atoms with Crippen LogP contribution in [0.3, 0.4) is 0 Å². The first-order chi connectivity index (χ1) is 11.5. The average molecular weight is 386 g/mol. The molecule has 0 radical (unpaired) electrons. The lowest BCUT2D eigenvalue weighted by Crippen LogP contribution is -2.57. The molecule has 25 heavy (non-hydrogen) atoms. The average Bonchev–Trinajstić information content (AvgIpc) is 2.76. The van der Waals surface area contributed by atoms with Crippen LogP contribution in [0.2, 0.25) is 0 Å². The Kier molecular flexibility index (Phi) is 4.35. The molecule has 1 saturated carbocycles. The Morgan fingerprint density at radius 1 is 1.40 bits per heavy atom. The van der Waals surface area contributed by atoms with E-state index in [0.717, 1.165) is 4.90 Å². The van der Waals surface area contributed by atoms with E-state index in [9.17, 15) is 26.8 Å². The van der Waals surface area contributed by atoms with E-state index in [2.05, 4.69) is 4.28 Å². The number of carbonyl (C=O) groups excluding carboxylic acids is 2. The molecule has 4 N–H and O–H groups in total. The van der Waals surface area contributed by atoms with Gasteiger partial charge in [0.2, 0.25) is 0 Å². The van der Waals surface area contributed by atoms with Crippen LogP contribution in [-0.2, 0) is 24.3 Å². The van der Waals surface area contributed by atoms with Gasteiger partial charge < -0.3 is 10.6 Å². The summed E-state index contributed by atoms with van der Waals surface area (Å²) in [4.78, 5) is 30.0. The van der Waals surface area contributed by atoms with Gasteiger partial charge in [-0.25, -0.2) is 19.1 Å². The number of rotatable bonds is 5. The van der Waals surface area contributed by atoms with Crippen LogP contribution in [0.15, 0.2) is 0 Å². The number of hydrogen-bond donors (Lipinski definition) is 3. The summed E-state index contributed by atoms with van der Waals surface area (Å²) in [7, 11) is -5.18. The molecule has 3 rings (SSSR count). The van der Waals surface area contributed by atoms with Crippen molar-refractivity contribution in [3.8, 4) is 0 Å². The van der Waals surface area contributed by atoms with E-state index in [1.54, 1.807) is 0 Å². The molecule has 4 atom stereocenters. The maximum Gasteiger partial charge on any atom is 0.418 e. The van der Waals surface area contributed by atoms with Gasteiger partial charge in [0, 0.05) is 12.5 Å². The van der Waals surface area contributed by atoms with Crippen molar-refractivity contribution in [1.29, 1.82) is 0 Å². The zero-order valence-corrected chi connectivity index (χ0v) is 13.5. The number of alkyl halides is 2. The third kappa shape index (κ3) is 3.39. The number of nitrogens with one attached hydrogen (secondary N) is 1. The van der Waals surface area contributed by atoms with Crippen LogP contribution in [0.4, 0.5) is 13.6 Å². The fourth-order valence-electron chi connectivity index (χ4n) is 2.93. The zero-order valence-electron chi connectivity index (χ0n) is 12.7. The van der Waals surface area contributed by atoms with Gasteiger partial charge in [-0.2, -0.15) is 13.5 Å². The number of nitrogens with zero attached hydrogens (tertiary/aromatic N) is 2. The van der Waals surface area contributed by atoms with Crippen LogP contribution in [0.25, 0.3) is 0 Å². The Balaban J connectivity index is 1.72. The van der Waals surface area contributed by atoms with Crippen molar-refractivity contribution in [3.05, 3.63) is 0 Å². The summed E-state index contributed by atoms with van der Waals surface area (Å²) in [5.74, 6) is -4.61.